The van der Waals surface area contributed by atoms with E-state index in [1.54, 1.807) is 13.0 Å². The highest BCUT2D eigenvalue weighted by atomic mass is 32.2. The molecule has 1 aliphatic heterocycles. The van der Waals surface area contributed by atoms with Crippen molar-refractivity contribution in [3.63, 3.8) is 0 Å². The van der Waals surface area contributed by atoms with E-state index in [9.17, 15) is 13.2 Å². The molecule has 1 aromatic carbocycles. The van der Waals surface area contributed by atoms with Crippen LogP contribution in [-0.2, 0) is 16.4 Å². The van der Waals surface area contributed by atoms with Gasteiger partial charge in [0.1, 0.15) is 0 Å². The van der Waals surface area contributed by atoms with Crippen LogP contribution in [-0.4, -0.2) is 49.8 Å². The summed E-state index contributed by atoms with van der Waals surface area (Å²) < 4.78 is 28.9. The number of ketones is 1. The number of aromatic nitrogens is 1. The first-order chi connectivity index (χ1) is 13.6. The summed E-state index contributed by atoms with van der Waals surface area (Å²) >= 11 is 0. The van der Waals surface area contributed by atoms with E-state index in [0.717, 1.165) is 54.5 Å². The normalized spacial score (nSPS) is 22.3. The number of carbonyl (C=O) groups excluding carboxylic acids is 1. The van der Waals surface area contributed by atoms with E-state index in [1.165, 1.54) is 0 Å². The molecule has 0 saturated carbocycles. The summed E-state index contributed by atoms with van der Waals surface area (Å²) in [5.74, 6) is 0.136. The van der Waals surface area contributed by atoms with Crippen LogP contribution in [0, 0.1) is 12.3 Å². The van der Waals surface area contributed by atoms with Crippen molar-refractivity contribution in [3.05, 3.63) is 29.0 Å². The summed E-state index contributed by atoms with van der Waals surface area (Å²) in [7, 11) is -3.62. The number of likely N-dealkylation sites (tertiary alicyclic amines) is 1. The molecule has 0 radical (unpaired) electrons. The Morgan fingerprint density at radius 1 is 1.28 bits per heavy atom. The van der Waals surface area contributed by atoms with Gasteiger partial charge in [0, 0.05) is 41.2 Å². The Balaban J connectivity index is 1.66. The van der Waals surface area contributed by atoms with Crippen molar-refractivity contribution >= 4 is 26.7 Å². The summed E-state index contributed by atoms with van der Waals surface area (Å²) in [5.41, 5.74) is 2.98. The number of fused-ring (bicyclic) bond motifs is 3. The lowest BCUT2D eigenvalue weighted by molar-refractivity contribution is 0.0913. The number of carbonyl (C=O) groups is 1. The monoisotopic (exact) mass is 417 g/mol. The van der Waals surface area contributed by atoms with E-state index in [-0.39, 0.29) is 22.1 Å². The molecule has 1 aliphatic carbocycles. The minimum Gasteiger partial charge on any atom is -0.358 e. The highest BCUT2D eigenvalue weighted by Gasteiger charge is 2.34. The first kappa shape index (κ1) is 20.6. The van der Waals surface area contributed by atoms with E-state index >= 15 is 0 Å². The molecule has 0 bridgehead atoms. The molecular weight excluding hydrogens is 386 g/mol. The van der Waals surface area contributed by atoms with E-state index < -0.39 is 10.0 Å². The van der Waals surface area contributed by atoms with Gasteiger partial charge in [0.2, 0.25) is 10.0 Å². The second-order valence-electron chi connectivity index (χ2n) is 9.36. The van der Waals surface area contributed by atoms with Crippen molar-refractivity contribution in [1.82, 2.24) is 14.6 Å². The van der Waals surface area contributed by atoms with Crippen LogP contribution in [0.2, 0.25) is 0 Å². The maximum atomic E-state index is 13.0. The molecule has 1 saturated heterocycles. The highest BCUT2D eigenvalue weighted by molar-refractivity contribution is 7.89. The number of hydrogen-bond acceptors (Lipinski definition) is 4. The number of hydrogen-bond donors (Lipinski definition) is 2. The predicted octanol–water partition coefficient (Wildman–Crippen LogP) is 3.39. The topological polar surface area (TPSA) is 82.3 Å². The van der Waals surface area contributed by atoms with Crippen LogP contribution in [0.15, 0.2) is 17.0 Å². The number of Topliss-reactive ketones (excluding diaryl/α,β-unsaturated/α-hetero) is 1. The van der Waals surface area contributed by atoms with Gasteiger partial charge in [0.15, 0.2) is 5.78 Å². The summed E-state index contributed by atoms with van der Waals surface area (Å²) in [4.78, 5) is 18.7. The molecule has 2 N–H and O–H groups in total. The zero-order valence-corrected chi connectivity index (χ0v) is 18.6. The molecule has 7 heteroatoms. The van der Waals surface area contributed by atoms with Crippen LogP contribution in [0.3, 0.4) is 0 Å². The molecule has 1 aromatic heterocycles. The fraction of sp³-hybridized carbons (Fsp3) is 0.591. The number of H-pyrrole nitrogens is 1. The van der Waals surface area contributed by atoms with Crippen molar-refractivity contribution in [2.45, 2.75) is 64.3 Å². The third-order valence-electron chi connectivity index (χ3n) is 6.45. The Bertz CT molecular complexity index is 1070. The van der Waals surface area contributed by atoms with Crippen LogP contribution in [0.5, 0.6) is 0 Å². The maximum Gasteiger partial charge on any atom is 0.240 e. The zero-order valence-electron chi connectivity index (χ0n) is 17.8. The number of nitrogens with zero attached hydrogens (tertiary/aromatic N) is 1. The largest absolute Gasteiger partial charge is 0.358 e. The molecule has 2 heterocycles. The van der Waals surface area contributed by atoms with Gasteiger partial charge in [0.25, 0.3) is 0 Å². The van der Waals surface area contributed by atoms with Gasteiger partial charge < -0.3 is 4.98 Å². The van der Waals surface area contributed by atoms with Crippen molar-refractivity contribution in [1.29, 1.82) is 0 Å². The molecule has 0 unspecified atom stereocenters. The standard InChI is InChI=1S/C22H31N3O3S/c1-5-25-8-6-7-15(25)13-23-29(27,28)20-10-17-16(9-14(20)2)21-18(24-17)11-22(3,4)12-19(21)26/h9-10,15,23-24H,5-8,11-13H2,1-4H3/t15-/m1/s1. The fourth-order valence-electron chi connectivity index (χ4n) is 5.02. The molecule has 0 spiro atoms. The number of benzene rings is 1. The molecule has 6 nitrogen and oxygen atoms in total. The number of sulfonamides is 1. The zero-order chi connectivity index (χ0) is 21.0. The molecule has 0 amide bonds. The number of aryl methyl sites for hydroxylation is 1. The van der Waals surface area contributed by atoms with E-state index in [1.807, 2.05) is 6.07 Å². The third kappa shape index (κ3) is 3.76. The van der Waals surface area contributed by atoms with Crippen molar-refractivity contribution < 1.29 is 13.2 Å². The van der Waals surface area contributed by atoms with Crippen LogP contribution in [0.25, 0.3) is 10.9 Å². The summed E-state index contributed by atoms with van der Waals surface area (Å²) in [6.45, 7) is 10.5. The van der Waals surface area contributed by atoms with Crippen LogP contribution in [0.1, 0.15) is 61.6 Å². The number of nitrogens with one attached hydrogen (secondary N) is 2. The van der Waals surface area contributed by atoms with Gasteiger partial charge in [-0.05, 0) is 62.4 Å². The summed E-state index contributed by atoms with van der Waals surface area (Å²) in [5, 5.41) is 0.838. The molecule has 2 aromatic rings. The van der Waals surface area contributed by atoms with Crippen LogP contribution < -0.4 is 4.72 Å². The van der Waals surface area contributed by atoms with Gasteiger partial charge in [-0.25, -0.2) is 13.1 Å². The quantitative estimate of drug-likeness (QED) is 0.781. The Hall–Kier alpha value is -1.70. The molecule has 1 atom stereocenters. The number of aromatic amines is 1. The number of rotatable bonds is 5. The van der Waals surface area contributed by atoms with Gasteiger partial charge in [-0.3, -0.25) is 9.69 Å². The van der Waals surface area contributed by atoms with Gasteiger partial charge in [-0.1, -0.05) is 20.8 Å². The molecule has 4 rings (SSSR count). The highest BCUT2D eigenvalue weighted by Crippen LogP contribution is 2.39. The van der Waals surface area contributed by atoms with E-state index in [0.29, 0.717) is 18.5 Å². The van der Waals surface area contributed by atoms with E-state index in [2.05, 4.69) is 35.4 Å². The Morgan fingerprint density at radius 3 is 2.76 bits per heavy atom. The molecule has 1 fully saturated rings. The SMILES string of the molecule is CCN1CCC[C@@H]1CNS(=O)(=O)c1cc2[nH]c3c(c2cc1C)C(=O)CC(C)(C)C3. The van der Waals surface area contributed by atoms with E-state index in [4.69, 9.17) is 0 Å². The lowest BCUT2D eigenvalue weighted by Crippen LogP contribution is -2.40. The minimum atomic E-state index is -3.62. The molecule has 29 heavy (non-hydrogen) atoms. The second kappa shape index (κ2) is 7.22. The Kier molecular flexibility index (Phi) is 5.12. The predicted molar refractivity (Wildman–Crippen MR) is 115 cm³/mol. The first-order valence-corrected chi connectivity index (χ1v) is 12.0. The van der Waals surface area contributed by atoms with Crippen molar-refractivity contribution in [2.24, 2.45) is 5.41 Å². The van der Waals surface area contributed by atoms with Crippen LogP contribution in [0.4, 0.5) is 0 Å². The lowest BCUT2D eigenvalue weighted by atomic mass is 9.76. The van der Waals surface area contributed by atoms with Gasteiger partial charge in [0.05, 0.1) is 4.90 Å². The summed E-state index contributed by atoms with van der Waals surface area (Å²) in [6.07, 6.45) is 3.44. The van der Waals surface area contributed by atoms with Gasteiger partial charge >= 0.3 is 0 Å². The molecular formula is C22H31N3O3S. The Morgan fingerprint density at radius 2 is 2.03 bits per heavy atom. The van der Waals surface area contributed by atoms with Gasteiger partial charge in [-0.2, -0.15) is 0 Å². The van der Waals surface area contributed by atoms with Gasteiger partial charge in [-0.15, -0.1) is 0 Å². The maximum absolute atomic E-state index is 13.0. The first-order valence-electron chi connectivity index (χ1n) is 10.5. The fourth-order valence-corrected chi connectivity index (χ4v) is 6.34. The number of likely N-dealkylation sites (N-methyl/N-ethyl adjacent to an activating group) is 1. The lowest BCUT2D eigenvalue weighted by Gasteiger charge is -2.28. The second-order valence-corrected chi connectivity index (χ2v) is 11.1. The molecule has 2 aliphatic rings. The smallest absolute Gasteiger partial charge is 0.240 e. The third-order valence-corrected chi connectivity index (χ3v) is 8.01. The average Bonchev–Trinajstić information content (AvgIpc) is 3.21. The molecule has 158 valence electrons. The minimum absolute atomic E-state index is 0.0805. The van der Waals surface area contributed by atoms with Crippen LogP contribution >= 0.6 is 0 Å². The van der Waals surface area contributed by atoms with Crippen molar-refractivity contribution in [2.75, 3.05) is 19.6 Å². The Labute approximate surface area is 173 Å². The summed E-state index contributed by atoms with van der Waals surface area (Å²) in [6, 6.07) is 3.80. The average molecular weight is 418 g/mol. The van der Waals surface area contributed by atoms with Crippen molar-refractivity contribution in [3.8, 4) is 0 Å².